The van der Waals surface area contributed by atoms with Gasteiger partial charge in [0.05, 0.1) is 29.7 Å². The summed E-state index contributed by atoms with van der Waals surface area (Å²) in [5.41, 5.74) is 0.825. The van der Waals surface area contributed by atoms with Crippen molar-refractivity contribution in [3.8, 4) is 11.5 Å². The molecular formula is C20H23ClN2O5S. The van der Waals surface area contributed by atoms with Crippen LogP contribution in [0.3, 0.4) is 0 Å². The summed E-state index contributed by atoms with van der Waals surface area (Å²) in [5.74, 6) is 0.598. The van der Waals surface area contributed by atoms with E-state index in [1.807, 2.05) is 0 Å². The standard InChI is InChI=1S/C20H23ClN2O5S/c1-27-18-7-5-6-14(19(18)28-2)13-22-20(24)16-12-15(8-9-17(16)21)29(25,26)23-10-3-4-11-23/h5-9,12H,3-4,10-11,13H2,1-2H3,(H,22,24). The molecule has 0 aliphatic carbocycles. The summed E-state index contributed by atoms with van der Waals surface area (Å²) in [6, 6.07) is 9.54. The molecule has 29 heavy (non-hydrogen) atoms. The van der Waals surface area contributed by atoms with Crippen LogP contribution in [0.1, 0.15) is 28.8 Å². The number of nitrogens with zero attached hydrogens (tertiary/aromatic N) is 1. The first kappa shape index (κ1) is 21.4. The second-order valence-electron chi connectivity index (χ2n) is 6.59. The minimum absolute atomic E-state index is 0.0629. The highest BCUT2D eigenvalue weighted by atomic mass is 35.5. The molecular weight excluding hydrogens is 416 g/mol. The second-order valence-corrected chi connectivity index (χ2v) is 8.93. The molecule has 1 N–H and O–H groups in total. The van der Waals surface area contributed by atoms with Crippen molar-refractivity contribution >= 4 is 27.5 Å². The van der Waals surface area contributed by atoms with Gasteiger partial charge in [-0.3, -0.25) is 4.79 Å². The number of carbonyl (C=O) groups excluding carboxylic acids is 1. The zero-order valence-electron chi connectivity index (χ0n) is 16.3. The number of benzene rings is 2. The van der Waals surface area contributed by atoms with Crippen LogP contribution >= 0.6 is 11.6 Å². The van der Waals surface area contributed by atoms with Crippen molar-refractivity contribution in [3.05, 3.63) is 52.5 Å². The van der Waals surface area contributed by atoms with E-state index in [9.17, 15) is 13.2 Å². The van der Waals surface area contributed by atoms with Gasteiger partial charge in [0.2, 0.25) is 10.0 Å². The van der Waals surface area contributed by atoms with Crippen LogP contribution in [0.25, 0.3) is 0 Å². The van der Waals surface area contributed by atoms with Gasteiger partial charge in [-0.2, -0.15) is 4.31 Å². The van der Waals surface area contributed by atoms with Gasteiger partial charge in [-0.05, 0) is 37.1 Å². The molecule has 1 aliphatic rings. The lowest BCUT2D eigenvalue weighted by Gasteiger charge is -2.17. The highest BCUT2D eigenvalue weighted by molar-refractivity contribution is 7.89. The summed E-state index contributed by atoms with van der Waals surface area (Å²) in [7, 11) is -0.586. The van der Waals surface area contributed by atoms with E-state index >= 15 is 0 Å². The van der Waals surface area contributed by atoms with E-state index in [1.54, 1.807) is 18.2 Å². The van der Waals surface area contributed by atoms with E-state index in [1.165, 1.54) is 36.7 Å². The summed E-state index contributed by atoms with van der Waals surface area (Å²) in [6.45, 7) is 1.14. The Balaban J connectivity index is 1.81. The third-order valence-electron chi connectivity index (χ3n) is 4.81. The normalized spacial score (nSPS) is 14.6. The Kier molecular flexibility index (Phi) is 6.66. The van der Waals surface area contributed by atoms with Gasteiger partial charge in [0.15, 0.2) is 11.5 Å². The fourth-order valence-corrected chi connectivity index (χ4v) is 5.03. The Morgan fingerprint density at radius 2 is 1.86 bits per heavy atom. The fourth-order valence-electron chi connectivity index (χ4n) is 3.28. The van der Waals surface area contributed by atoms with Gasteiger partial charge in [-0.25, -0.2) is 8.42 Å². The predicted molar refractivity (Wildman–Crippen MR) is 110 cm³/mol. The number of para-hydroxylation sites is 1. The lowest BCUT2D eigenvalue weighted by Crippen LogP contribution is -2.28. The van der Waals surface area contributed by atoms with Crippen LogP contribution < -0.4 is 14.8 Å². The molecule has 0 atom stereocenters. The number of rotatable bonds is 7. The molecule has 0 bridgehead atoms. The number of nitrogens with one attached hydrogen (secondary N) is 1. The van der Waals surface area contributed by atoms with Crippen molar-refractivity contribution in [3.63, 3.8) is 0 Å². The number of carbonyl (C=O) groups is 1. The molecule has 9 heteroatoms. The molecule has 1 saturated heterocycles. The minimum atomic E-state index is -3.64. The van der Waals surface area contributed by atoms with E-state index in [2.05, 4.69) is 5.32 Å². The second kappa shape index (κ2) is 9.02. The first-order valence-corrected chi connectivity index (χ1v) is 11.0. The molecule has 2 aromatic rings. The first-order chi connectivity index (χ1) is 13.9. The smallest absolute Gasteiger partial charge is 0.253 e. The number of amides is 1. The van der Waals surface area contributed by atoms with Crippen molar-refractivity contribution in [2.45, 2.75) is 24.3 Å². The molecule has 1 heterocycles. The summed E-state index contributed by atoms with van der Waals surface area (Å²) in [4.78, 5) is 12.8. The van der Waals surface area contributed by atoms with Crippen molar-refractivity contribution in [1.29, 1.82) is 0 Å². The summed E-state index contributed by atoms with van der Waals surface area (Å²) in [5, 5.41) is 2.94. The largest absolute Gasteiger partial charge is 0.493 e. The maximum Gasteiger partial charge on any atom is 0.253 e. The van der Waals surface area contributed by atoms with Gasteiger partial charge in [0.1, 0.15) is 0 Å². The van der Waals surface area contributed by atoms with Gasteiger partial charge in [-0.1, -0.05) is 23.7 Å². The number of halogens is 1. The zero-order chi connectivity index (χ0) is 21.0. The number of ether oxygens (including phenoxy) is 2. The van der Waals surface area contributed by atoms with Gasteiger partial charge < -0.3 is 14.8 Å². The summed E-state index contributed by atoms with van der Waals surface area (Å²) < 4.78 is 37.6. The van der Waals surface area contributed by atoms with Gasteiger partial charge in [-0.15, -0.1) is 0 Å². The van der Waals surface area contributed by atoms with Gasteiger partial charge in [0, 0.05) is 25.2 Å². The average Bonchev–Trinajstić information content (AvgIpc) is 3.27. The van der Waals surface area contributed by atoms with Crippen molar-refractivity contribution < 1.29 is 22.7 Å². The molecule has 2 aromatic carbocycles. The van der Waals surface area contributed by atoms with E-state index in [-0.39, 0.29) is 22.0 Å². The number of sulfonamides is 1. The van der Waals surface area contributed by atoms with Crippen molar-refractivity contribution in [2.75, 3.05) is 27.3 Å². The molecule has 156 valence electrons. The lowest BCUT2D eigenvalue weighted by atomic mass is 10.1. The van der Waals surface area contributed by atoms with Crippen LogP contribution in [-0.2, 0) is 16.6 Å². The topological polar surface area (TPSA) is 84.9 Å². The molecule has 0 saturated carbocycles. The molecule has 1 aliphatic heterocycles. The Hall–Kier alpha value is -2.29. The van der Waals surface area contributed by atoms with Gasteiger partial charge in [0.25, 0.3) is 5.91 Å². The Bertz CT molecular complexity index is 1000. The fraction of sp³-hybridized carbons (Fsp3) is 0.350. The number of methoxy groups -OCH3 is 2. The highest BCUT2D eigenvalue weighted by Crippen LogP contribution is 2.31. The molecule has 1 fully saturated rings. The molecule has 3 rings (SSSR count). The summed E-state index contributed by atoms with van der Waals surface area (Å²) in [6.07, 6.45) is 1.67. The maximum absolute atomic E-state index is 12.8. The highest BCUT2D eigenvalue weighted by Gasteiger charge is 2.28. The molecule has 7 nitrogen and oxygen atoms in total. The van der Waals surface area contributed by atoms with Crippen molar-refractivity contribution in [2.24, 2.45) is 0 Å². The van der Waals surface area contributed by atoms with Crippen LogP contribution in [0.15, 0.2) is 41.3 Å². The minimum Gasteiger partial charge on any atom is -0.493 e. The number of hydrogen-bond donors (Lipinski definition) is 1. The molecule has 0 unspecified atom stereocenters. The number of hydrogen-bond acceptors (Lipinski definition) is 5. The Labute approximate surface area is 175 Å². The van der Waals surface area contributed by atoms with Crippen LogP contribution in [0.2, 0.25) is 5.02 Å². The predicted octanol–water partition coefficient (Wildman–Crippen LogP) is 3.07. The molecule has 0 aromatic heterocycles. The van der Waals surface area contributed by atoms with E-state index in [0.29, 0.717) is 24.6 Å². The van der Waals surface area contributed by atoms with E-state index in [4.69, 9.17) is 21.1 Å². The maximum atomic E-state index is 12.8. The Morgan fingerprint density at radius 3 is 2.52 bits per heavy atom. The van der Waals surface area contributed by atoms with Crippen LogP contribution in [0, 0.1) is 0 Å². The third kappa shape index (κ3) is 4.49. The SMILES string of the molecule is COc1cccc(CNC(=O)c2cc(S(=O)(=O)N3CCCC3)ccc2Cl)c1OC. The zero-order valence-corrected chi connectivity index (χ0v) is 17.8. The molecule has 0 spiro atoms. The van der Waals surface area contributed by atoms with Crippen LogP contribution in [0.5, 0.6) is 11.5 Å². The lowest BCUT2D eigenvalue weighted by molar-refractivity contribution is 0.0950. The van der Waals surface area contributed by atoms with Crippen LogP contribution in [0.4, 0.5) is 0 Å². The average molecular weight is 439 g/mol. The monoisotopic (exact) mass is 438 g/mol. The van der Waals surface area contributed by atoms with Gasteiger partial charge >= 0.3 is 0 Å². The van der Waals surface area contributed by atoms with Crippen LogP contribution in [-0.4, -0.2) is 45.9 Å². The third-order valence-corrected chi connectivity index (χ3v) is 7.03. The summed E-state index contributed by atoms with van der Waals surface area (Å²) >= 11 is 6.17. The van der Waals surface area contributed by atoms with E-state index in [0.717, 1.165) is 18.4 Å². The Morgan fingerprint density at radius 1 is 1.14 bits per heavy atom. The van der Waals surface area contributed by atoms with Crippen molar-refractivity contribution in [1.82, 2.24) is 9.62 Å². The molecule has 0 radical (unpaired) electrons. The van der Waals surface area contributed by atoms with E-state index < -0.39 is 15.9 Å². The quantitative estimate of drug-likeness (QED) is 0.718. The first-order valence-electron chi connectivity index (χ1n) is 9.16. The molecule has 1 amide bonds.